The van der Waals surface area contributed by atoms with Crippen LogP contribution in [0.25, 0.3) is 0 Å². The molecule has 0 radical (unpaired) electrons. The topological polar surface area (TPSA) is 43.4 Å². The number of hydrogen-bond donors (Lipinski definition) is 0. The van der Waals surface area contributed by atoms with Gasteiger partial charge in [0.1, 0.15) is 11.2 Å². The molecule has 0 aromatic carbocycles. The first-order valence-corrected chi connectivity index (χ1v) is 4.47. The van der Waals surface area contributed by atoms with E-state index in [0.29, 0.717) is 0 Å². The van der Waals surface area contributed by atoms with E-state index in [4.69, 9.17) is 0 Å². The highest BCUT2D eigenvalue weighted by Gasteiger charge is 2.50. The molecule has 0 aliphatic heterocycles. The zero-order valence-electron chi connectivity index (χ0n) is 9.51. The number of carbonyl (C=O) groups excluding carboxylic acids is 2. The maximum Gasteiger partial charge on any atom is 0.319 e. The number of Topliss-reactive ketones (excluding diaryl/α,β-unsaturated/α-hetero) is 1. The van der Waals surface area contributed by atoms with E-state index in [9.17, 15) is 9.59 Å². The minimum atomic E-state index is -1.16. The van der Waals surface area contributed by atoms with Crippen LogP contribution < -0.4 is 0 Å². The highest BCUT2D eigenvalue weighted by molar-refractivity contribution is 6.03. The molecular formula is C11H18O3. The van der Waals surface area contributed by atoms with Gasteiger partial charge in [-0.2, -0.15) is 0 Å². The molecular weight excluding hydrogens is 180 g/mol. The van der Waals surface area contributed by atoms with Crippen LogP contribution >= 0.6 is 0 Å². The van der Waals surface area contributed by atoms with Gasteiger partial charge in [-0.1, -0.05) is 19.9 Å². The number of carbonyl (C=O) groups is 2. The zero-order valence-corrected chi connectivity index (χ0v) is 9.51. The molecule has 0 aromatic heterocycles. The van der Waals surface area contributed by atoms with Crippen molar-refractivity contribution in [3.63, 3.8) is 0 Å². The average Bonchev–Trinajstić information content (AvgIpc) is 2.14. The van der Waals surface area contributed by atoms with Crippen LogP contribution in [0.15, 0.2) is 12.7 Å². The maximum absolute atomic E-state index is 11.6. The smallest absolute Gasteiger partial charge is 0.319 e. The van der Waals surface area contributed by atoms with Gasteiger partial charge in [0, 0.05) is 5.41 Å². The molecule has 3 nitrogen and oxygen atoms in total. The summed E-state index contributed by atoms with van der Waals surface area (Å²) in [5.41, 5.74) is -1.78. The SMILES string of the molecule is C=CC(C)(C)C(C)(C(C)=O)C(=O)OC. The van der Waals surface area contributed by atoms with Gasteiger partial charge in [0.25, 0.3) is 0 Å². The van der Waals surface area contributed by atoms with Crippen molar-refractivity contribution in [3.8, 4) is 0 Å². The van der Waals surface area contributed by atoms with Crippen molar-refractivity contribution in [2.24, 2.45) is 10.8 Å². The molecule has 1 atom stereocenters. The molecule has 0 saturated carbocycles. The van der Waals surface area contributed by atoms with Crippen LogP contribution in [0.1, 0.15) is 27.7 Å². The predicted octanol–water partition coefficient (Wildman–Crippen LogP) is 1.97. The molecule has 1 unspecified atom stereocenters. The Bertz CT molecular complexity index is 266. The summed E-state index contributed by atoms with van der Waals surface area (Å²) >= 11 is 0. The van der Waals surface area contributed by atoms with Gasteiger partial charge in [-0.15, -0.1) is 6.58 Å². The first kappa shape index (κ1) is 12.9. The number of hydrogen-bond acceptors (Lipinski definition) is 3. The van der Waals surface area contributed by atoms with E-state index < -0.39 is 16.8 Å². The van der Waals surface area contributed by atoms with Crippen LogP contribution in [0.3, 0.4) is 0 Å². The minimum absolute atomic E-state index is 0.214. The molecule has 0 saturated heterocycles. The Kier molecular flexibility index (Phi) is 3.63. The van der Waals surface area contributed by atoms with Crippen LogP contribution in [0, 0.1) is 10.8 Å². The molecule has 0 N–H and O–H groups in total. The number of rotatable bonds is 4. The molecule has 80 valence electrons. The normalized spacial score (nSPS) is 15.5. The van der Waals surface area contributed by atoms with E-state index in [1.54, 1.807) is 26.8 Å². The third-order valence-corrected chi connectivity index (χ3v) is 3.10. The number of ketones is 1. The molecule has 0 aliphatic carbocycles. The summed E-state index contributed by atoms with van der Waals surface area (Å²) in [6.07, 6.45) is 1.60. The van der Waals surface area contributed by atoms with E-state index in [0.717, 1.165) is 0 Å². The Hall–Kier alpha value is -1.12. The van der Waals surface area contributed by atoms with Crippen molar-refractivity contribution in [1.29, 1.82) is 0 Å². The van der Waals surface area contributed by atoms with Gasteiger partial charge < -0.3 is 4.74 Å². The second-order valence-corrected chi connectivity index (χ2v) is 4.10. The van der Waals surface area contributed by atoms with Crippen molar-refractivity contribution >= 4 is 11.8 Å². The summed E-state index contributed by atoms with van der Waals surface area (Å²) in [6.45, 7) is 10.2. The fraction of sp³-hybridized carbons (Fsp3) is 0.636. The Morgan fingerprint density at radius 2 is 1.71 bits per heavy atom. The molecule has 0 bridgehead atoms. The number of esters is 1. The second-order valence-electron chi connectivity index (χ2n) is 4.10. The molecule has 0 aliphatic rings. The van der Waals surface area contributed by atoms with E-state index in [1.807, 2.05) is 0 Å². The van der Waals surface area contributed by atoms with E-state index in [2.05, 4.69) is 11.3 Å². The molecule has 14 heavy (non-hydrogen) atoms. The van der Waals surface area contributed by atoms with Gasteiger partial charge in [-0.25, -0.2) is 0 Å². The Labute approximate surface area is 85.1 Å². The van der Waals surface area contributed by atoms with Crippen molar-refractivity contribution in [3.05, 3.63) is 12.7 Å². The summed E-state index contributed by atoms with van der Waals surface area (Å²) in [4.78, 5) is 23.1. The minimum Gasteiger partial charge on any atom is -0.468 e. The third-order valence-electron chi connectivity index (χ3n) is 3.10. The van der Waals surface area contributed by atoms with Gasteiger partial charge in [0.15, 0.2) is 0 Å². The molecule has 0 spiro atoms. The van der Waals surface area contributed by atoms with Gasteiger partial charge in [-0.05, 0) is 13.8 Å². The quantitative estimate of drug-likeness (QED) is 0.394. The average molecular weight is 198 g/mol. The largest absolute Gasteiger partial charge is 0.468 e. The molecule has 0 amide bonds. The first-order chi connectivity index (χ1) is 6.24. The van der Waals surface area contributed by atoms with Crippen molar-refractivity contribution in [2.75, 3.05) is 7.11 Å². The van der Waals surface area contributed by atoms with Crippen LogP contribution in [0.5, 0.6) is 0 Å². The molecule has 0 fully saturated rings. The maximum atomic E-state index is 11.6. The van der Waals surface area contributed by atoms with Gasteiger partial charge in [-0.3, -0.25) is 9.59 Å². The zero-order chi connectivity index (χ0) is 11.6. The van der Waals surface area contributed by atoms with Crippen LogP contribution in [-0.2, 0) is 14.3 Å². The van der Waals surface area contributed by atoms with Gasteiger partial charge in [0.05, 0.1) is 7.11 Å². The highest BCUT2D eigenvalue weighted by atomic mass is 16.5. The Morgan fingerprint density at radius 1 is 1.29 bits per heavy atom. The van der Waals surface area contributed by atoms with Crippen LogP contribution in [0.4, 0.5) is 0 Å². The van der Waals surface area contributed by atoms with Gasteiger partial charge in [0.2, 0.25) is 0 Å². The molecule has 0 aromatic rings. The van der Waals surface area contributed by atoms with E-state index in [-0.39, 0.29) is 5.78 Å². The van der Waals surface area contributed by atoms with Crippen LogP contribution in [0.2, 0.25) is 0 Å². The summed E-state index contributed by atoms with van der Waals surface area (Å²) in [5.74, 6) is -0.732. The monoisotopic (exact) mass is 198 g/mol. The lowest BCUT2D eigenvalue weighted by Gasteiger charge is -2.37. The van der Waals surface area contributed by atoms with Crippen LogP contribution in [-0.4, -0.2) is 18.9 Å². The summed E-state index contributed by atoms with van der Waals surface area (Å²) < 4.78 is 4.66. The lowest BCUT2D eigenvalue weighted by molar-refractivity contribution is -0.162. The number of ether oxygens (including phenoxy) is 1. The number of allylic oxidation sites excluding steroid dienone is 1. The first-order valence-electron chi connectivity index (χ1n) is 4.47. The summed E-state index contributed by atoms with van der Waals surface area (Å²) in [7, 11) is 1.28. The molecule has 0 heterocycles. The van der Waals surface area contributed by atoms with E-state index >= 15 is 0 Å². The Morgan fingerprint density at radius 3 is 1.93 bits per heavy atom. The number of methoxy groups -OCH3 is 1. The van der Waals surface area contributed by atoms with Crippen molar-refractivity contribution in [1.82, 2.24) is 0 Å². The second kappa shape index (κ2) is 3.95. The summed E-state index contributed by atoms with van der Waals surface area (Å²) in [5, 5.41) is 0. The van der Waals surface area contributed by atoms with Gasteiger partial charge >= 0.3 is 5.97 Å². The van der Waals surface area contributed by atoms with Crippen molar-refractivity contribution in [2.45, 2.75) is 27.7 Å². The lowest BCUT2D eigenvalue weighted by atomic mass is 9.64. The van der Waals surface area contributed by atoms with Crippen molar-refractivity contribution < 1.29 is 14.3 Å². The fourth-order valence-corrected chi connectivity index (χ4v) is 1.27. The highest BCUT2D eigenvalue weighted by Crippen LogP contribution is 2.41. The summed E-state index contributed by atoms with van der Waals surface area (Å²) in [6, 6.07) is 0. The molecule has 3 heteroatoms. The lowest BCUT2D eigenvalue weighted by Crippen LogP contribution is -2.47. The molecule has 0 rings (SSSR count). The fourth-order valence-electron chi connectivity index (χ4n) is 1.27. The standard InChI is InChI=1S/C11H18O3/c1-7-10(3,4)11(5,8(2)12)9(13)14-6/h7H,1H2,2-6H3. The third kappa shape index (κ3) is 1.72. The predicted molar refractivity (Wildman–Crippen MR) is 54.8 cm³/mol. The van der Waals surface area contributed by atoms with E-state index in [1.165, 1.54) is 14.0 Å². The Balaban J connectivity index is 5.42.